The largest absolute Gasteiger partial charge is 0.377 e. The van der Waals surface area contributed by atoms with Gasteiger partial charge in [0.2, 0.25) is 0 Å². The highest BCUT2D eigenvalue weighted by atomic mass is 79.9. The molecule has 470 valence electrons. The number of nitrogens with one attached hydrogen (secondary N) is 4. The van der Waals surface area contributed by atoms with Crippen molar-refractivity contribution in [2.45, 2.75) is 113 Å². The van der Waals surface area contributed by atoms with Crippen molar-refractivity contribution >= 4 is 63.1 Å². The van der Waals surface area contributed by atoms with Crippen LogP contribution in [0.5, 0.6) is 0 Å². The molecule has 3 aromatic heterocycles. The number of urea groups is 3. The normalized spacial score (nSPS) is 21.1. The molecule has 24 nitrogen and oxygen atoms in total. The first-order chi connectivity index (χ1) is 41.7. The van der Waals surface area contributed by atoms with E-state index in [-0.39, 0.29) is 53.9 Å². The van der Waals surface area contributed by atoms with Crippen LogP contribution in [0.2, 0.25) is 0 Å². The summed E-state index contributed by atoms with van der Waals surface area (Å²) in [5.74, 6) is -0.550. The first-order valence-electron chi connectivity index (χ1n) is 31.5. The lowest BCUT2D eigenvalue weighted by Gasteiger charge is -2.46. The zero-order valence-electron chi connectivity index (χ0n) is 51.1. The van der Waals surface area contributed by atoms with E-state index in [1.165, 1.54) is 57.8 Å². The van der Waals surface area contributed by atoms with Crippen LogP contribution in [0.15, 0.2) is 59.5 Å². The number of anilines is 2. The van der Waals surface area contributed by atoms with Crippen molar-refractivity contribution in [2.75, 3.05) is 156 Å². The average Bonchev–Trinajstić information content (AvgIpc) is 3.30. The van der Waals surface area contributed by atoms with E-state index in [1.807, 2.05) is 48.6 Å². The summed E-state index contributed by atoms with van der Waals surface area (Å²) in [6.45, 7) is 16.0. The molecule has 0 aromatic carbocycles. The third-order valence-corrected chi connectivity index (χ3v) is 19.1. The van der Waals surface area contributed by atoms with E-state index in [0.29, 0.717) is 30.2 Å². The Bertz CT molecular complexity index is 2700. The average molecular weight is 1250 g/mol. The number of carbonyl (C=O) groups is 6. The number of hydrogen-bond donors (Lipinski definition) is 5. The second-order valence-corrected chi connectivity index (χ2v) is 25.2. The number of hydrogen-bond acceptors (Lipinski definition) is 15. The van der Waals surface area contributed by atoms with Crippen LogP contribution in [0.3, 0.4) is 0 Å². The summed E-state index contributed by atoms with van der Waals surface area (Å²) < 4.78 is 0.866. The van der Waals surface area contributed by atoms with Crippen LogP contribution in [0.4, 0.5) is 25.8 Å². The minimum atomic E-state index is -0.194. The van der Waals surface area contributed by atoms with Crippen LogP contribution in [0.1, 0.15) is 109 Å². The van der Waals surface area contributed by atoms with Gasteiger partial charge < -0.3 is 61.3 Å². The lowest BCUT2D eigenvalue weighted by atomic mass is 9.91. The summed E-state index contributed by atoms with van der Waals surface area (Å²) in [5, 5.41) is 11.0. The van der Waals surface area contributed by atoms with E-state index >= 15 is 0 Å². The van der Waals surface area contributed by atoms with Gasteiger partial charge in [0.05, 0.1) is 35.9 Å². The predicted molar refractivity (Wildman–Crippen MR) is 335 cm³/mol. The van der Waals surface area contributed by atoms with Crippen molar-refractivity contribution < 1.29 is 28.8 Å². The second kappa shape index (κ2) is 31.0. The van der Waals surface area contributed by atoms with Gasteiger partial charge in [-0.25, -0.2) is 29.3 Å². The molecule has 86 heavy (non-hydrogen) atoms. The van der Waals surface area contributed by atoms with E-state index < -0.39 is 0 Å². The molecule has 0 unspecified atom stereocenters. The van der Waals surface area contributed by atoms with Crippen molar-refractivity contribution in [3.8, 4) is 0 Å². The molecular weight excluding hydrogens is 1160 g/mol. The smallest absolute Gasteiger partial charge is 0.320 e. The molecule has 3 aromatic rings. The number of aromatic nitrogens is 3. The molecule has 0 atom stereocenters. The highest BCUT2D eigenvalue weighted by Crippen LogP contribution is 2.29. The maximum Gasteiger partial charge on any atom is 0.320 e. The van der Waals surface area contributed by atoms with Crippen LogP contribution < -0.4 is 31.9 Å². The van der Waals surface area contributed by atoms with E-state index in [2.05, 4.69) is 71.7 Å². The van der Waals surface area contributed by atoms with Gasteiger partial charge >= 0.3 is 18.1 Å². The van der Waals surface area contributed by atoms with Crippen molar-refractivity contribution in [1.29, 1.82) is 0 Å². The Hall–Kier alpha value is -6.41. The minimum absolute atomic E-state index is 0.168. The van der Waals surface area contributed by atoms with Crippen molar-refractivity contribution in [2.24, 2.45) is 5.73 Å². The lowest BCUT2D eigenvalue weighted by Crippen LogP contribution is -2.63. The number of likely N-dealkylation sites (tertiary alicyclic amines) is 3. The Morgan fingerprint density at radius 2 is 0.860 bits per heavy atom. The summed E-state index contributed by atoms with van der Waals surface area (Å²) in [4.78, 5) is 106. The molecule has 9 fully saturated rings. The van der Waals surface area contributed by atoms with E-state index in [9.17, 15) is 28.8 Å². The first-order valence-corrected chi connectivity index (χ1v) is 32.3. The SMILES string of the molecule is CNC(=O)c1ccc(Br)cn1.CNC(=O)c1ccc(N(C)C2CN(C(=O)N3CCCN(C4CCC4)CC3)C2)cn1.CNC(=O)c1ccc(NC2CN(C(=O)N3CCCN(C4CCC4)CC3)C2)cn1.NC1CN(C(=O)N2CCCN(C3CCC3)CC2)C1. The molecule has 9 amide bonds. The number of nitrogens with zero attached hydrogens (tertiary/aromatic N) is 13. The number of likely N-dealkylation sites (N-methyl/N-ethyl adjacent to an activating group) is 1. The third kappa shape index (κ3) is 16.8. The van der Waals surface area contributed by atoms with Crippen LogP contribution in [-0.2, 0) is 0 Å². The van der Waals surface area contributed by atoms with Crippen molar-refractivity contribution in [3.63, 3.8) is 0 Å². The molecule has 0 bridgehead atoms. The molecule has 3 saturated carbocycles. The molecule has 6 aliphatic heterocycles. The summed E-state index contributed by atoms with van der Waals surface area (Å²) in [7, 11) is 6.78. The molecule has 25 heteroatoms. The minimum Gasteiger partial charge on any atom is -0.377 e. The summed E-state index contributed by atoms with van der Waals surface area (Å²) in [6.07, 6.45) is 20.3. The molecule has 9 aliphatic rings. The standard InChI is InChI=1S/C21H32N6O2.C20H30N6O2.C13H24N4O.C7H7BrN2O/c1-22-20(28)19-8-7-17(13-23-19)24(2)18-14-27(15-18)21(29)26-10-4-9-25(11-12-26)16-5-3-6-16;1-21-19(27)18-7-6-15(12-22-18)23-16-13-26(14-16)20(28)25-9-3-8-24(10-11-25)17-4-2-5-17;14-11-9-17(10-11)13(18)16-6-2-5-15(7-8-16)12-3-1-4-12;1-9-7(11)6-3-2-5(8)4-10-6/h7-8,13,16,18H,3-6,9-12,14-15H2,1-2H3,(H,22,28);6-7,12,16-17,23H,2-5,8-11,13-14H2,1H3,(H,21,27);11-12H,1-10,14H2;2-4H,1H3,(H,9,11). The van der Waals surface area contributed by atoms with Crippen LogP contribution >= 0.6 is 15.9 Å². The Labute approximate surface area is 516 Å². The fourth-order valence-corrected chi connectivity index (χ4v) is 12.5. The summed E-state index contributed by atoms with van der Waals surface area (Å²) in [5.41, 5.74) is 8.80. The molecule has 6 saturated heterocycles. The van der Waals surface area contributed by atoms with Gasteiger partial charge in [-0.05, 0) is 110 Å². The number of nitrogens with two attached hydrogens (primary N) is 1. The lowest BCUT2D eigenvalue weighted by molar-refractivity contribution is 0.0950. The van der Waals surface area contributed by atoms with Crippen molar-refractivity contribution in [1.82, 2.24) is 75.0 Å². The zero-order valence-corrected chi connectivity index (χ0v) is 52.7. The maximum absolute atomic E-state index is 12.9. The first kappa shape index (κ1) is 64.1. The quantitative estimate of drug-likeness (QED) is 0.193. The van der Waals surface area contributed by atoms with Gasteiger partial charge in [-0.3, -0.25) is 29.1 Å². The van der Waals surface area contributed by atoms with Crippen LogP contribution in [-0.4, -0.2) is 277 Å². The second-order valence-electron chi connectivity index (χ2n) is 24.2. The van der Waals surface area contributed by atoms with Gasteiger partial charge in [-0.2, -0.15) is 0 Å². The Morgan fingerprint density at radius 3 is 1.21 bits per heavy atom. The topological polar surface area (TPSA) is 248 Å². The van der Waals surface area contributed by atoms with Gasteiger partial charge in [0.1, 0.15) is 17.1 Å². The summed E-state index contributed by atoms with van der Waals surface area (Å²) >= 11 is 3.22. The maximum atomic E-state index is 12.9. The number of amides is 9. The fraction of sp³-hybridized carbons (Fsp3) is 0.656. The number of pyridine rings is 3. The Kier molecular flexibility index (Phi) is 23.1. The summed E-state index contributed by atoms with van der Waals surface area (Å²) in [6, 6.07) is 14.2. The van der Waals surface area contributed by atoms with E-state index in [1.54, 1.807) is 64.0 Å². The van der Waals surface area contributed by atoms with E-state index in [4.69, 9.17) is 5.73 Å². The molecular formula is C61H93BrN18O6. The van der Waals surface area contributed by atoms with Gasteiger partial charge in [0.15, 0.2) is 0 Å². The van der Waals surface area contributed by atoms with Gasteiger partial charge in [0.25, 0.3) is 17.7 Å². The monoisotopic (exact) mass is 1250 g/mol. The van der Waals surface area contributed by atoms with Gasteiger partial charge in [0, 0.05) is 181 Å². The van der Waals surface area contributed by atoms with Crippen LogP contribution in [0, 0.1) is 0 Å². The molecule has 6 N–H and O–H groups in total. The molecule has 9 heterocycles. The predicted octanol–water partition coefficient (Wildman–Crippen LogP) is 3.97. The molecule has 0 spiro atoms. The van der Waals surface area contributed by atoms with E-state index in [0.717, 1.165) is 158 Å². The number of halogens is 1. The Balaban J connectivity index is 0.000000144. The van der Waals surface area contributed by atoms with Crippen molar-refractivity contribution in [3.05, 3.63) is 76.5 Å². The third-order valence-electron chi connectivity index (χ3n) is 18.6. The molecule has 0 radical (unpaired) electrons. The fourth-order valence-electron chi connectivity index (χ4n) is 12.3. The zero-order chi connectivity index (χ0) is 60.7. The Morgan fingerprint density at radius 1 is 0.465 bits per heavy atom. The molecule has 3 aliphatic carbocycles. The number of rotatable bonds is 10. The number of carbonyl (C=O) groups excluding carboxylic acids is 6. The highest BCUT2D eigenvalue weighted by Gasteiger charge is 2.39. The van der Waals surface area contributed by atoms with Gasteiger partial charge in [-0.1, -0.05) is 19.3 Å². The van der Waals surface area contributed by atoms with Gasteiger partial charge in [-0.15, -0.1) is 0 Å². The van der Waals surface area contributed by atoms with Crippen LogP contribution in [0.25, 0.3) is 0 Å². The molecule has 12 rings (SSSR count). The highest BCUT2D eigenvalue weighted by molar-refractivity contribution is 9.10.